The summed E-state index contributed by atoms with van der Waals surface area (Å²) in [6, 6.07) is 37.1. The monoisotopic (exact) mass is 856 g/mol. The number of rotatable bonds is 10. The first kappa shape index (κ1) is 45.0. The molecule has 0 bridgehead atoms. The normalized spacial score (nSPS) is 11.3. The van der Waals surface area contributed by atoms with Gasteiger partial charge in [0.05, 0.1) is 0 Å². The van der Waals surface area contributed by atoms with E-state index >= 15 is 0 Å². The number of anilines is 4. The van der Waals surface area contributed by atoms with Crippen LogP contribution in [0.3, 0.4) is 0 Å². The van der Waals surface area contributed by atoms with Gasteiger partial charge < -0.3 is 35.3 Å². The molecular formula is C48H52N6O5Zn. The van der Waals surface area contributed by atoms with Gasteiger partial charge in [0.2, 0.25) is 0 Å². The summed E-state index contributed by atoms with van der Waals surface area (Å²) >= 11 is 0. The number of benzene rings is 4. The summed E-state index contributed by atoms with van der Waals surface area (Å²) in [5.41, 5.74) is 2.28. The van der Waals surface area contributed by atoms with Crippen molar-refractivity contribution in [1.29, 1.82) is 0 Å². The number of fused-ring (bicyclic) bond motifs is 4. The van der Waals surface area contributed by atoms with Crippen molar-refractivity contribution >= 4 is 66.9 Å². The maximum atomic E-state index is 10.2. The summed E-state index contributed by atoms with van der Waals surface area (Å²) < 4.78 is 0. The molecule has 1 fully saturated rings. The van der Waals surface area contributed by atoms with Gasteiger partial charge in [-0.15, -0.1) is 0 Å². The van der Waals surface area contributed by atoms with Crippen molar-refractivity contribution in [2.24, 2.45) is 0 Å². The van der Waals surface area contributed by atoms with Crippen LogP contribution in [-0.4, -0.2) is 65.7 Å². The Bertz CT molecular complexity index is 2290. The van der Waals surface area contributed by atoms with Crippen LogP contribution in [0.25, 0.3) is 43.6 Å². The smallest absolute Gasteiger partial charge is 0.141 e. The Balaban J connectivity index is 0.000000201. The fourth-order valence-electron chi connectivity index (χ4n) is 6.41. The molecule has 0 saturated heterocycles. The standard InChI is InChI=1S/2C22H21N3O2.C3H6.CH4O.Zn/c2*1-2-3-14-25(19-12-10-15-6-4-8-17(26)21(15)23-19)20-13-11-16-7-5-9-18(27)22(16)24-20;1-2-3-1;1-2;/h2*4-13,26-27H,2-3,14H2,1H3;1-3H2;2H,1H3;. The summed E-state index contributed by atoms with van der Waals surface area (Å²) in [5, 5.41) is 51.2. The van der Waals surface area contributed by atoms with Gasteiger partial charge in [-0.3, -0.25) is 0 Å². The van der Waals surface area contributed by atoms with Crippen molar-refractivity contribution in [3.05, 3.63) is 121 Å². The molecule has 1 saturated carbocycles. The first-order valence-electron chi connectivity index (χ1n) is 20.2. The van der Waals surface area contributed by atoms with Crippen LogP contribution in [0.5, 0.6) is 23.0 Å². The zero-order valence-electron chi connectivity index (χ0n) is 34.5. The van der Waals surface area contributed by atoms with E-state index in [0.29, 0.717) is 22.1 Å². The van der Waals surface area contributed by atoms with Gasteiger partial charge in [0.1, 0.15) is 68.3 Å². The predicted molar refractivity (Wildman–Crippen MR) is 239 cm³/mol. The van der Waals surface area contributed by atoms with Crippen LogP contribution in [0, 0.1) is 0 Å². The molecule has 5 N–H and O–H groups in total. The molecule has 4 aromatic carbocycles. The Morgan fingerprint density at radius 1 is 0.400 bits per heavy atom. The molecule has 0 unspecified atom stereocenters. The Kier molecular flexibility index (Phi) is 16.3. The van der Waals surface area contributed by atoms with E-state index in [0.717, 1.165) is 90.7 Å². The van der Waals surface area contributed by atoms with Crippen molar-refractivity contribution in [2.75, 3.05) is 30.0 Å². The van der Waals surface area contributed by atoms with E-state index in [1.807, 2.05) is 107 Å². The summed E-state index contributed by atoms with van der Waals surface area (Å²) in [6.45, 7) is 5.76. The van der Waals surface area contributed by atoms with Crippen LogP contribution >= 0.6 is 0 Å². The number of aliphatic hydroxyl groups excluding tert-OH is 1. The SMILES string of the molecule is C1CC1.CCCCN(c1ccc2cccc(O)c2n1)c1ccc2cccc(O)c2n1.CCCCN(c1ccc2cccc(O)c2n1)c1ccc2cccc(O)c2n1.CO.[Zn]. The third kappa shape index (κ3) is 10.9. The van der Waals surface area contributed by atoms with E-state index in [-0.39, 0.29) is 42.5 Å². The van der Waals surface area contributed by atoms with E-state index in [2.05, 4.69) is 33.8 Å². The molecule has 0 spiro atoms. The third-order valence-electron chi connectivity index (χ3n) is 9.67. The van der Waals surface area contributed by atoms with Crippen LogP contribution in [0.2, 0.25) is 0 Å². The second kappa shape index (κ2) is 21.8. The van der Waals surface area contributed by atoms with Crippen LogP contribution in [0.15, 0.2) is 121 Å². The van der Waals surface area contributed by atoms with Crippen molar-refractivity contribution < 1.29 is 45.0 Å². The van der Waals surface area contributed by atoms with E-state index in [9.17, 15) is 20.4 Å². The molecular weight excluding hydrogens is 806 g/mol. The van der Waals surface area contributed by atoms with Crippen LogP contribution in [-0.2, 0) is 19.5 Å². The zero-order chi connectivity index (χ0) is 41.7. The molecule has 0 aliphatic heterocycles. The summed E-state index contributed by atoms with van der Waals surface area (Å²) in [6.07, 6.45) is 8.52. The minimum Gasteiger partial charge on any atom is -0.506 e. The molecule has 1 aliphatic rings. The van der Waals surface area contributed by atoms with E-state index in [1.54, 1.807) is 24.3 Å². The van der Waals surface area contributed by atoms with Crippen LogP contribution in [0.1, 0.15) is 58.8 Å². The Morgan fingerprint density at radius 3 is 0.867 bits per heavy atom. The number of pyridine rings is 4. The van der Waals surface area contributed by atoms with E-state index in [4.69, 9.17) is 5.11 Å². The first-order chi connectivity index (χ1) is 28.8. The fraction of sp³-hybridized carbons (Fsp3) is 0.250. The number of unbranched alkanes of at least 4 members (excludes halogenated alkanes) is 2. The molecule has 4 aromatic heterocycles. The van der Waals surface area contributed by atoms with Gasteiger partial charge in [-0.2, -0.15) is 0 Å². The van der Waals surface area contributed by atoms with Gasteiger partial charge >= 0.3 is 0 Å². The number of aromatic nitrogens is 4. The van der Waals surface area contributed by atoms with Gasteiger partial charge in [0.15, 0.2) is 0 Å². The average molecular weight is 858 g/mol. The van der Waals surface area contributed by atoms with Gasteiger partial charge in [-0.25, -0.2) is 19.9 Å². The van der Waals surface area contributed by atoms with Crippen LogP contribution in [0.4, 0.5) is 23.3 Å². The number of aromatic hydroxyl groups is 4. The minimum atomic E-state index is 0. The molecule has 12 heteroatoms. The number of nitrogens with zero attached hydrogens (tertiary/aromatic N) is 6. The van der Waals surface area contributed by atoms with Crippen molar-refractivity contribution in [3.63, 3.8) is 0 Å². The number of aliphatic hydroxyl groups is 1. The minimum absolute atomic E-state index is 0. The molecule has 60 heavy (non-hydrogen) atoms. The Morgan fingerprint density at radius 2 is 0.650 bits per heavy atom. The largest absolute Gasteiger partial charge is 0.506 e. The predicted octanol–water partition coefficient (Wildman–Crippen LogP) is 11.0. The first-order valence-corrected chi connectivity index (χ1v) is 20.2. The van der Waals surface area contributed by atoms with Crippen molar-refractivity contribution in [2.45, 2.75) is 58.8 Å². The Hall–Kier alpha value is -6.10. The van der Waals surface area contributed by atoms with Gasteiger partial charge in [0, 0.05) is 61.2 Å². The second-order valence-corrected chi connectivity index (χ2v) is 14.1. The van der Waals surface area contributed by atoms with E-state index in [1.165, 1.54) is 19.3 Å². The number of hydrogen-bond donors (Lipinski definition) is 5. The molecule has 0 amide bonds. The van der Waals surface area contributed by atoms with Crippen molar-refractivity contribution in [1.82, 2.24) is 19.9 Å². The van der Waals surface area contributed by atoms with Gasteiger partial charge in [0.25, 0.3) is 0 Å². The van der Waals surface area contributed by atoms with Gasteiger partial charge in [-0.1, -0.05) is 94.5 Å². The summed E-state index contributed by atoms with van der Waals surface area (Å²) in [5.74, 6) is 3.53. The molecule has 0 radical (unpaired) electrons. The molecule has 1 aliphatic carbocycles. The maximum Gasteiger partial charge on any atom is 0.141 e. The number of phenolic OH excluding ortho intramolecular Hbond substituents is 4. The summed E-state index contributed by atoms with van der Waals surface area (Å²) in [7, 11) is 1.00. The fourth-order valence-corrected chi connectivity index (χ4v) is 6.41. The topological polar surface area (TPSA) is 159 Å². The second-order valence-electron chi connectivity index (χ2n) is 14.1. The number of phenols is 4. The van der Waals surface area contributed by atoms with E-state index < -0.39 is 0 Å². The molecule has 8 aromatic rings. The molecule has 0 atom stereocenters. The number of para-hydroxylation sites is 4. The van der Waals surface area contributed by atoms with Gasteiger partial charge in [-0.05, 0) is 85.6 Å². The molecule has 11 nitrogen and oxygen atoms in total. The summed E-state index contributed by atoms with van der Waals surface area (Å²) in [4.78, 5) is 22.8. The molecule has 4 heterocycles. The number of hydrogen-bond acceptors (Lipinski definition) is 11. The van der Waals surface area contributed by atoms with Crippen LogP contribution < -0.4 is 9.80 Å². The Labute approximate surface area is 363 Å². The van der Waals surface area contributed by atoms with Crippen molar-refractivity contribution in [3.8, 4) is 23.0 Å². The quantitative estimate of drug-likeness (QED) is 0.0833. The molecule has 306 valence electrons. The zero-order valence-corrected chi connectivity index (χ0v) is 37.5. The molecule has 9 rings (SSSR count). The third-order valence-corrected chi connectivity index (χ3v) is 9.67. The average Bonchev–Trinajstić information content (AvgIpc) is 4.16. The maximum absolute atomic E-state index is 10.2.